The summed E-state index contributed by atoms with van der Waals surface area (Å²) in [7, 11) is -4.07. The molecule has 2 rings (SSSR count). The van der Waals surface area contributed by atoms with E-state index in [-0.39, 0.29) is 27.4 Å². The lowest BCUT2D eigenvalue weighted by atomic mass is 9.95. The maximum atomic E-state index is 12.2. The molecule has 0 aromatic heterocycles. The molecule has 0 heterocycles. The Hall–Kier alpha value is -1.64. The van der Waals surface area contributed by atoms with Crippen molar-refractivity contribution >= 4 is 33.5 Å². The first-order valence-corrected chi connectivity index (χ1v) is 9.94. The van der Waals surface area contributed by atoms with Crippen LogP contribution in [0.1, 0.15) is 49.4 Å². The van der Waals surface area contributed by atoms with Crippen LogP contribution < -0.4 is 10.5 Å². The van der Waals surface area contributed by atoms with E-state index in [9.17, 15) is 18.0 Å². The van der Waals surface area contributed by atoms with Crippen LogP contribution in [0, 0.1) is 0 Å². The van der Waals surface area contributed by atoms with Gasteiger partial charge in [-0.25, -0.2) is 18.4 Å². The molecule has 1 unspecified atom stereocenters. The summed E-state index contributed by atoms with van der Waals surface area (Å²) in [5.74, 6) is -1.20. The van der Waals surface area contributed by atoms with Crippen molar-refractivity contribution in [2.45, 2.75) is 56.1 Å². The van der Waals surface area contributed by atoms with Crippen LogP contribution >= 0.6 is 11.6 Å². The van der Waals surface area contributed by atoms with Gasteiger partial charge in [-0.2, -0.15) is 0 Å². The Morgan fingerprint density at radius 3 is 2.52 bits per heavy atom. The predicted octanol–water partition coefficient (Wildman–Crippen LogP) is 1.98. The molecular formula is C16H21ClN2O5S. The van der Waals surface area contributed by atoms with Crippen LogP contribution in [0.4, 0.5) is 0 Å². The third-order valence-electron chi connectivity index (χ3n) is 4.08. The van der Waals surface area contributed by atoms with Gasteiger partial charge >= 0.3 is 5.97 Å². The van der Waals surface area contributed by atoms with Crippen molar-refractivity contribution in [3.8, 4) is 0 Å². The van der Waals surface area contributed by atoms with E-state index in [1.165, 1.54) is 25.5 Å². The zero-order valence-electron chi connectivity index (χ0n) is 13.8. The fourth-order valence-electron chi connectivity index (χ4n) is 2.70. The molecule has 7 nitrogen and oxygen atoms in total. The quantitative estimate of drug-likeness (QED) is 0.748. The van der Waals surface area contributed by atoms with E-state index < -0.39 is 22.1 Å². The number of benzene rings is 1. The maximum absolute atomic E-state index is 12.2. The smallest absolute Gasteiger partial charge is 0.338 e. The molecule has 0 radical (unpaired) electrons. The minimum Gasteiger partial charge on any atom is -0.449 e. The Labute approximate surface area is 151 Å². The average Bonchev–Trinajstić information content (AvgIpc) is 2.54. The van der Waals surface area contributed by atoms with Crippen molar-refractivity contribution in [2.75, 3.05) is 0 Å². The SMILES string of the molecule is CC(OC(=O)c1ccc(Cl)c(S(N)(=O)=O)c1)C(=O)NC1CCCCC1. The number of halogens is 1. The molecule has 138 valence electrons. The third kappa shape index (κ3) is 5.42. The van der Waals surface area contributed by atoms with Gasteiger partial charge in [0, 0.05) is 6.04 Å². The molecule has 3 N–H and O–H groups in total. The van der Waals surface area contributed by atoms with Crippen molar-refractivity contribution in [2.24, 2.45) is 5.14 Å². The van der Waals surface area contributed by atoms with Gasteiger partial charge in [0.15, 0.2) is 6.10 Å². The molecule has 1 atom stereocenters. The van der Waals surface area contributed by atoms with E-state index in [4.69, 9.17) is 21.5 Å². The molecule has 9 heteroatoms. The summed E-state index contributed by atoms with van der Waals surface area (Å²) in [6.45, 7) is 1.46. The zero-order valence-corrected chi connectivity index (χ0v) is 15.4. The normalized spacial score (nSPS) is 16.9. The van der Waals surface area contributed by atoms with Gasteiger partial charge in [-0.05, 0) is 38.0 Å². The largest absolute Gasteiger partial charge is 0.449 e. The van der Waals surface area contributed by atoms with Crippen LogP contribution in [-0.4, -0.2) is 32.4 Å². The van der Waals surface area contributed by atoms with Gasteiger partial charge in [-0.15, -0.1) is 0 Å². The van der Waals surface area contributed by atoms with Crippen LogP contribution in [0.15, 0.2) is 23.1 Å². The number of amides is 1. The second-order valence-electron chi connectivity index (χ2n) is 6.08. The van der Waals surface area contributed by atoms with Gasteiger partial charge in [0.25, 0.3) is 5.91 Å². The van der Waals surface area contributed by atoms with Crippen LogP contribution in [0.3, 0.4) is 0 Å². The predicted molar refractivity (Wildman–Crippen MR) is 92.7 cm³/mol. The maximum Gasteiger partial charge on any atom is 0.338 e. The lowest BCUT2D eigenvalue weighted by Crippen LogP contribution is -2.42. The summed E-state index contributed by atoms with van der Waals surface area (Å²) in [6.07, 6.45) is 4.14. The monoisotopic (exact) mass is 388 g/mol. The van der Waals surface area contributed by atoms with Crippen molar-refractivity contribution in [1.82, 2.24) is 5.32 Å². The fourth-order valence-corrected chi connectivity index (χ4v) is 3.77. The van der Waals surface area contributed by atoms with Gasteiger partial charge in [0.2, 0.25) is 10.0 Å². The number of rotatable bonds is 5. The highest BCUT2D eigenvalue weighted by Crippen LogP contribution is 2.22. The number of carbonyl (C=O) groups is 2. The third-order valence-corrected chi connectivity index (χ3v) is 5.47. The van der Waals surface area contributed by atoms with Crippen molar-refractivity contribution in [3.63, 3.8) is 0 Å². The molecule has 0 aliphatic heterocycles. The minimum absolute atomic E-state index is 0.0502. The number of esters is 1. The van der Waals surface area contributed by atoms with Crippen LogP contribution in [0.2, 0.25) is 5.02 Å². The number of hydrogen-bond donors (Lipinski definition) is 2. The van der Waals surface area contributed by atoms with E-state index in [0.29, 0.717) is 0 Å². The summed E-state index contributed by atoms with van der Waals surface area (Å²) in [5.41, 5.74) is -0.0502. The minimum atomic E-state index is -4.07. The summed E-state index contributed by atoms with van der Waals surface area (Å²) < 4.78 is 28.0. The highest BCUT2D eigenvalue weighted by atomic mass is 35.5. The number of nitrogens with one attached hydrogen (secondary N) is 1. The Morgan fingerprint density at radius 2 is 1.92 bits per heavy atom. The Balaban J connectivity index is 2.02. The molecule has 1 aromatic carbocycles. The first-order valence-electron chi connectivity index (χ1n) is 8.02. The van der Waals surface area contributed by atoms with E-state index in [1.807, 2.05) is 0 Å². The van der Waals surface area contributed by atoms with E-state index in [0.717, 1.165) is 31.7 Å². The zero-order chi connectivity index (χ0) is 18.6. The number of ether oxygens (including phenoxy) is 1. The van der Waals surface area contributed by atoms with Gasteiger partial charge < -0.3 is 10.1 Å². The number of hydrogen-bond acceptors (Lipinski definition) is 5. The molecule has 1 fully saturated rings. The number of primary sulfonamides is 1. The molecule has 1 aliphatic carbocycles. The van der Waals surface area contributed by atoms with E-state index >= 15 is 0 Å². The topological polar surface area (TPSA) is 116 Å². The van der Waals surface area contributed by atoms with Gasteiger partial charge in [-0.1, -0.05) is 30.9 Å². The van der Waals surface area contributed by atoms with Crippen LogP contribution in [-0.2, 0) is 19.6 Å². The molecule has 1 saturated carbocycles. The van der Waals surface area contributed by atoms with Crippen molar-refractivity contribution < 1.29 is 22.7 Å². The fraction of sp³-hybridized carbons (Fsp3) is 0.500. The highest BCUT2D eigenvalue weighted by Gasteiger charge is 2.24. The second kappa shape index (κ2) is 8.16. The molecule has 0 saturated heterocycles. The van der Waals surface area contributed by atoms with Crippen molar-refractivity contribution in [3.05, 3.63) is 28.8 Å². The summed E-state index contributed by atoms with van der Waals surface area (Å²) >= 11 is 5.77. The number of carbonyl (C=O) groups excluding carboxylic acids is 2. The molecular weight excluding hydrogens is 368 g/mol. The Bertz CT molecular complexity index is 760. The van der Waals surface area contributed by atoms with Crippen LogP contribution in [0.5, 0.6) is 0 Å². The molecule has 1 aliphatic rings. The average molecular weight is 389 g/mol. The summed E-state index contributed by atoms with van der Waals surface area (Å²) in [5, 5.41) is 7.82. The highest BCUT2D eigenvalue weighted by molar-refractivity contribution is 7.89. The molecule has 25 heavy (non-hydrogen) atoms. The van der Waals surface area contributed by atoms with Gasteiger partial charge in [0.05, 0.1) is 10.6 Å². The number of nitrogens with two attached hydrogens (primary N) is 1. The molecule has 1 aromatic rings. The summed E-state index contributed by atoms with van der Waals surface area (Å²) in [4.78, 5) is 23.9. The Kier molecular flexibility index (Phi) is 6.42. The number of sulfonamides is 1. The first kappa shape index (κ1) is 19.7. The summed E-state index contributed by atoms with van der Waals surface area (Å²) in [6, 6.07) is 3.69. The molecule has 0 spiro atoms. The lowest BCUT2D eigenvalue weighted by molar-refractivity contribution is -0.130. The standard InChI is InChI=1S/C16H21ClN2O5S/c1-10(15(20)19-12-5-3-2-4-6-12)24-16(21)11-7-8-13(17)14(9-11)25(18,22)23/h7-10,12H,2-6H2,1H3,(H,19,20)(H2,18,22,23). The molecule has 0 bridgehead atoms. The second-order valence-corrected chi connectivity index (χ2v) is 8.02. The van der Waals surface area contributed by atoms with E-state index in [1.54, 1.807) is 0 Å². The van der Waals surface area contributed by atoms with Crippen LogP contribution in [0.25, 0.3) is 0 Å². The van der Waals surface area contributed by atoms with Gasteiger partial charge in [0.1, 0.15) is 4.90 Å². The Morgan fingerprint density at radius 1 is 1.28 bits per heavy atom. The first-order chi connectivity index (χ1) is 11.7. The lowest BCUT2D eigenvalue weighted by Gasteiger charge is -2.24. The van der Waals surface area contributed by atoms with E-state index in [2.05, 4.69) is 5.32 Å². The van der Waals surface area contributed by atoms with Crippen molar-refractivity contribution in [1.29, 1.82) is 0 Å². The van der Waals surface area contributed by atoms with Gasteiger partial charge in [-0.3, -0.25) is 4.79 Å². The molecule has 1 amide bonds.